The first-order chi connectivity index (χ1) is 6.65. The van der Waals surface area contributed by atoms with Gasteiger partial charge in [-0.2, -0.15) is 0 Å². The third-order valence-corrected chi connectivity index (χ3v) is 3.64. The second kappa shape index (κ2) is 5.50. The Kier molecular flexibility index (Phi) is 4.59. The normalized spacial score (nSPS) is 18.7. The van der Waals surface area contributed by atoms with Crippen LogP contribution in [0, 0.1) is 0 Å². The van der Waals surface area contributed by atoms with Crippen molar-refractivity contribution < 1.29 is 0 Å². The maximum absolute atomic E-state index is 2.36. The summed E-state index contributed by atoms with van der Waals surface area (Å²) in [5.74, 6) is 0. The highest BCUT2D eigenvalue weighted by Gasteiger charge is 2.08. The van der Waals surface area contributed by atoms with E-state index in [1.807, 2.05) is 11.8 Å². The van der Waals surface area contributed by atoms with Crippen molar-refractivity contribution in [2.24, 2.45) is 0 Å². The van der Waals surface area contributed by atoms with Crippen molar-refractivity contribution in [1.82, 2.24) is 4.90 Å². The lowest BCUT2D eigenvalue weighted by atomic mass is 9.93. The van der Waals surface area contributed by atoms with Gasteiger partial charge >= 0.3 is 0 Å². The fourth-order valence-corrected chi connectivity index (χ4v) is 2.42. The first kappa shape index (κ1) is 11.7. The molecule has 0 aromatic carbocycles. The average Bonchev–Trinajstić information content (AvgIpc) is 2.16. The molecule has 1 nitrogen and oxygen atoms in total. The van der Waals surface area contributed by atoms with Crippen LogP contribution in [0.1, 0.15) is 32.6 Å². The van der Waals surface area contributed by atoms with E-state index in [2.05, 4.69) is 38.3 Å². The quantitative estimate of drug-likeness (QED) is 0.701. The van der Waals surface area contributed by atoms with Gasteiger partial charge in [-0.15, -0.1) is 11.8 Å². The highest BCUT2D eigenvalue weighted by molar-refractivity contribution is 8.02. The number of allylic oxidation sites excluding steroid dienone is 3. The molecule has 0 aromatic heterocycles. The molecule has 80 valence electrons. The Morgan fingerprint density at radius 3 is 2.43 bits per heavy atom. The Hall–Kier alpha value is -0.370. The molecule has 1 aliphatic carbocycles. The van der Waals surface area contributed by atoms with Crippen molar-refractivity contribution in [1.29, 1.82) is 0 Å². The molecule has 0 aliphatic heterocycles. The van der Waals surface area contributed by atoms with E-state index in [4.69, 9.17) is 0 Å². The minimum absolute atomic E-state index is 1.27. The van der Waals surface area contributed by atoms with Crippen LogP contribution in [-0.2, 0) is 0 Å². The molecule has 0 radical (unpaired) electrons. The van der Waals surface area contributed by atoms with Gasteiger partial charge in [0, 0.05) is 14.1 Å². The molecule has 0 saturated heterocycles. The van der Waals surface area contributed by atoms with Crippen LogP contribution in [0.5, 0.6) is 0 Å². The number of nitrogens with zero attached hydrogens (tertiary/aromatic N) is 1. The molecule has 0 amide bonds. The van der Waals surface area contributed by atoms with Crippen LogP contribution in [0.15, 0.2) is 22.3 Å². The lowest BCUT2D eigenvalue weighted by molar-refractivity contribution is 0.548. The highest BCUT2D eigenvalue weighted by Crippen LogP contribution is 2.28. The molecule has 0 unspecified atom stereocenters. The summed E-state index contributed by atoms with van der Waals surface area (Å²) < 4.78 is 0. The van der Waals surface area contributed by atoms with Gasteiger partial charge < -0.3 is 4.90 Å². The second-order valence-electron chi connectivity index (χ2n) is 4.09. The fraction of sp³-hybridized carbons (Fsp3) is 0.667. The Morgan fingerprint density at radius 1 is 1.29 bits per heavy atom. The van der Waals surface area contributed by atoms with Crippen molar-refractivity contribution in [2.45, 2.75) is 32.6 Å². The minimum Gasteiger partial charge on any atom is -0.373 e. The van der Waals surface area contributed by atoms with Gasteiger partial charge in [-0.25, -0.2) is 0 Å². The number of thioether (sulfide) groups is 1. The van der Waals surface area contributed by atoms with Gasteiger partial charge in [-0.3, -0.25) is 0 Å². The van der Waals surface area contributed by atoms with Crippen molar-refractivity contribution in [3.63, 3.8) is 0 Å². The Labute approximate surface area is 92.3 Å². The molecule has 0 N–H and O–H groups in total. The molecule has 2 heteroatoms. The average molecular weight is 211 g/mol. The molecule has 0 saturated carbocycles. The predicted octanol–water partition coefficient (Wildman–Crippen LogP) is 3.64. The van der Waals surface area contributed by atoms with Gasteiger partial charge in [0.25, 0.3) is 0 Å². The molecule has 14 heavy (non-hydrogen) atoms. The van der Waals surface area contributed by atoms with Gasteiger partial charge in [0.05, 0.1) is 5.03 Å². The van der Waals surface area contributed by atoms with E-state index < -0.39 is 0 Å². The zero-order chi connectivity index (χ0) is 10.6. The maximum Gasteiger partial charge on any atom is 0.0702 e. The second-order valence-corrected chi connectivity index (χ2v) is 4.92. The third kappa shape index (κ3) is 3.09. The zero-order valence-electron chi connectivity index (χ0n) is 9.76. The SMILES string of the molecule is CS/C(=C/C1=C(C)CCCC1)N(C)C. The van der Waals surface area contributed by atoms with Crippen molar-refractivity contribution >= 4 is 11.8 Å². The number of hydrogen-bond acceptors (Lipinski definition) is 2. The highest BCUT2D eigenvalue weighted by atomic mass is 32.2. The lowest BCUT2D eigenvalue weighted by Gasteiger charge is -2.19. The monoisotopic (exact) mass is 211 g/mol. The molecule has 0 heterocycles. The fourth-order valence-electron chi connectivity index (χ4n) is 1.79. The standard InChI is InChI=1S/C12H21NS/c1-10-7-5-6-8-11(10)9-12(14-4)13(2)3/h9H,5-8H2,1-4H3/b12-9+. The van der Waals surface area contributed by atoms with Crippen LogP contribution >= 0.6 is 11.8 Å². The zero-order valence-corrected chi connectivity index (χ0v) is 10.6. The summed E-state index contributed by atoms with van der Waals surface area (Å²) in [6.45, 7) is 2.28. The van der Waals surface area contributed by atoms with Crippen LogP contribution < -0.4 is 0 Å². The van der Waals surface area contributed by atoms with Crippen LogP contribution in [0.25, 0.3) is 0 Å². The van der Waals surface area contributed by atoms with E-state index >= 15 is 0 Å². The first-order valence-electron chi connectivity index (χ1n) is 5.26. The van der Waals surface area contributed by atoms with Crippen LogP contribution in [-0.4, -0.2) is 25.3 Å². The first-order valence-corrected chi connectivity index (χ1v) is 6.49. The largest absolute Gasteiger partial charge is 0.373 e. The van der Waals surface area contributed by atoms with Crippen molar-refractivity contribution in [3.05, 3.63) is 22.3 Å². The lowest BCUT2D eigenvalue weighted by Crippen LogP contribution is -2.09. The van der Waals surface area contributed by atoms with E-state index in [-0.39, 0.29) is 0 Å². The van der Waals surface area contributed by atoms with Gasteiger partial charge in [0.2, 0.25) is 0 Å². The van der Waals surface area contributed by atoms with Crippen molar-refractivity contribution in [3.8, 4) is 0 Å². The van der Waals surface area contributed by atoms with Gasteiger partial charge in [0.1, 0.15) is 0 Å². The van der Waals surface area contributed by atoms with Crippen LogP contribution in [0.3, 0.4) is 0 Å². The molecule has 1 aliphatic rings. The summed E-state index contributed by atoms with van der Waals surface area (Å²) in [6, 6.07) is 0. The van der Waals surface area contributed by atoms with Crippen LogP contribution in [0.2, 0.25) is 0 Å². The maximum atomic E-state index is 2.36. The molecule has 0 fully saturated rings. The number of hydrogen-bond donors (Lipinski definition) is 0. The van der Waals surface area contributed by atoms with Crippen molar-refractivity contribution in [2.75, 3.05) is 20.4 Å². The summed E-state index contributed by atoms with van der Waals surface area (Å²) in [5, 5.41) is 1.36. The summed E-state index contributed by atoms with van der Waals surface area (Å²) in [4.78, 5) is 2.19. The summed E-state index contributed by atoms with van der Waals surface area (Å²) >= 11 is 1.83. The summed E-state index contributed by atoms with van der Waals surface area (Å²) in [6.07, 6.45) is 9.80. The topological polar surface area (TPSA) is 3.24 Å². The number of rotatable bonds is 3. The predicted molar refractivity (Wildman–Crippen MR) is 66.5 cm³/mol. The summed E-state index contributed by atoms with van der Waals surface area (Å²) in [5.41, 5.74) is 3.15. The Morgan fingerprint density at radius 2 is 1.93 bits per heavy atom. The minimum atomic E-state index is 1.27. The molecular weight excluding hydrogens is 190 g/mol. The Balaban J connectivity index is 2.82. The molecule has 0 spiro atoms. The van der Waals surface area contributed by atoms with E-state index in [9.17, 15) is 0 Å². The van der Waals surface area contributed by atoms with E-state index in [1.165, 1.54) is 30.7 Å². The smallest absolute Gasteiger partial charge is 0.0702 e. The Bertz CT molecular complexity index is 251. The summed E-state index contributed by atoms with van der Waals surface area (Å²) in [7, 11) is 4.22. The van der Waals surface area contributed by atoms with E-state index in [0.717, 1.165) is 0 Å². The molecule has 0 bridgehead atoms. The van der Waals surface area contributed by atoms with Gasteiger partial charge in [0.15, 0.2) is 0 Å². The third-order valence-electron chi connectivity index (χ3n) is 2.74. The molecular formula is C12H21NS. The molecule has 0 aromatic rings. The molecule has 0 atom stereocenters. The van der Waals surface area contributed by atoms with Gasteiger partial charge in [-0.05, 0) is 50.5 Å². The molecule has 1 rings (SSSR count). The van der Waals surface area contributed by atoms with Crippen LogP contribution in [0.4, 0.5) is 0 Å². The van der Waals surface area contributed by atoms with Gasteiger partial charge in [-0.1, -0.05) is 5.57 Å². The van der Waals surface area contributed by atoms with E-state index in [1.54, 1.807) is 11.1 Å². The van der Waals surface area contributed by atoms with E-state index in [0.29, 0.717) is 0 Å².